The summed E-state index contributed by atoms with van der Waals surface area (Å²) in [6.07, 6.45) is 0. The first-order valence-electron chi connectivity index (χ1n) is 6.99. The van der Waals surface area contributed by atoms with Gasteiger partial charge in [-0.2, -0.15) is 0 Å². The molecule has 1 aromatic carbocycles. The van der Waals surface area contributed by atoms with Crippen LogP contribution in [0.5, 0.6) is 0 Å². The van der Waals surface area contributed by atoms with E-state index in [4.69, 9.17) is 10.5 Å². The number of hydrogen-bond acceptors (Lipinski definition) is 6. The minimum absolute atomic E-state index is 0.111. The maximum atomic E-state index is 12.0. The number of nitrogens with one attached hydrogen (secondary N) is 1. The maximum absolute atomic E-state index is 12.0. The van der Waals surface area contributed by atoms with Crippen molar-refractivity contribution >= 4 is 46.6 Å². The van der Waals surface area contributed by atoms with Crippen LogP contribution < -0.4 is 11.1 Å². The normalized spacial score (nSPS) is 10.2. The molecule has 0 aliphatic heterocycles. The van der Waals surface area contributed by atoms with E-state index in [1.54, 1.807) is 30.3 Å². The zero-order valence-electron chi connectivity index (χ0n) is 12.9. The molecule has 0 atom stereocenters. The molecule has 0 saturated carbocycles. The molecule has 2 amide bonds. The molecule has 0 saturated heterocycles. The summed E-state index contributed by atoms with van der Waals surface area (Å²) in [5.74, 6) is -1.32. The third-order valence-corrected chi connectivity index (χ3v) is 4.88. The number of carbonyl (C=O) groups is 3. The van der Waals surface area contributed by atoms with Gasteiger partial charge >= 0.3 is 5.97 Å². The van der Waals surface area contributed by atoms with Crippen LogP contribution in [0, 0.1) is 6.92 Å². The van der Waals surface area contributed by atoms with E-state index in [1.807, 2.05) is 13.0 Å². The van der Waals surface area contributed by atoms with E-state index >= 15 is 0 Å². The Hall–Kier alpha value is -2.32. The number of amides is 2. The molecule has 0 bridgehead atoms. The second-order valence-corrected chi connectivity index (χ2v) is 7.09. The van der Waals surface area contributed by atoms with Gasteiger partial charge in [-0.3, -0.25) is 9.59 Å². The largest absolute Gasteiger partial charge is 0.451 e. The van der Waals surface area contributed by atoms with E-state index < -0.39 is 17.8 Å². The number of nitrogens with two attached hydrogens (primary N) is 1. The molecule has 0 aliphatic carbocycles. The summed E-state index contributed by atoms with van der Waals surface area (Å²) in [6.45, 7) is 1.50. The van der Waals surface area contributed by atoms with E-state index in [-0.39, 0.29) is 12.4 Å². The summed E-state index contributed by atoms with van der Waals surface area (Å²) in [6, 6.07) is 10.5. The van der Waals surface area contributed by atoms with Crippen LogP contribution in [0.2, 0.25) is 0 Å². The van der Waals surface area contributed by atoms with Gasteiger partial charge in [0.2, 0.25) is 5.91 Å². The number of ether oxygens (including phenoxy) is 1. The highest BCUT2D eigenvalue weighted by atomic mass is 32.2. The number of anilines is 1. The van der Waals surface area contributed by atoms with E-state index in [1.165, 1.54) is 23.1 Å². The molecule has 0 spiro atoms. The van der Waals surface area contributed by atoms with Crippen molar-refractivity contribution in [2.24, 2.45) is 5.73 Å². The molecule has 24 heavy (non-hydrogen) atoms. The monoisotopic (exact) mass is 364 g/mol. The van der Waals surface area contributed by atoms with Crippen LogP contribution in [0.4, 0.5) is 5.69 Å². The van der Waals surface area contributed by atoms with Crippen LogP contribution in [0.25, 0.3) is 0 Å². The fourth-order valence-corrected chi connectivity index (χ4v) is 3.29. The molecule has 8 heteroatoms. The average molecular weight is 364 g/mol. The molecule has 126 valence electrons. The number of thioether (sulfide) groups is 1. The molecular weight excluding hydrogens is 348 g/mol. The Morgan fingerprint density at radius 1 is 1.21 bits per heavy atom. The van der Waals surface area contributed by atoms with Gasteiger partial charge in [0.25, 0.3) is 5.91 Å². The number of para-hydroxylation sites is 1. The molecular formula is C16H16N2O4S2. The summed E-state index contributed by atoms with van der Waals surface area (Å²) in [5.41, 5.74) is 5.66. The van der Waals surface area contributed by atoms with Crippen molar-refractivity contribution in [1.29, 1.82) is 0 Å². The highest BCUT2D eigenvalue weighted by Crippen LogP contribution is 2.26. The van der Waals surface area contributed by atoms with Gasteiger partial charge in [-0.1, -0.05) is 12.1 Å². The van der Waals surface area contributed by atoms with Gasteiger partial charge in [0, 0.05) is 9.77 Å². The van der Waals surface area contributed by atoms with Gasteiger partial charge in [0.05, 0.1) is 11.4 Å². The summed E-state index contributed by atoms with van der Waals surface area (Å²) >= 11 is 2.54. The van der Waals surface area contributed by atoms with Crippen molar-refractivity contribution in [3.05, 3.63) is 46.2 Å². The van der Waals surface area contributed by atoms with Crippen LogP contribution in [0.1, 0.15) is 14.5 Å². The lowest BCUT2D eigenvalue weighted by atomic mass is 10.3. The van der Waals surface area contributed by atoms with Crippen LogP contribution in [0.15, 0.2) is 41.3 Å². The number of benzene rings is 1. The van der Waals surface area contributed by atoms with Gasteiger partial charge in [-0.15, -0.1) is 23.1 Å². The minimum atomic E-state index is -0.528. The third-order valence-electron chi connectivity index (χ3n) is 2.81. The van der Waals surface area contributed by atoms with Crippen molar-refractivity contribution in [1.82, 2.24) is 0 Å². The second-order valence-electron chi connectivity index (χ2n) is 4.79. The van der Waals surface area contributed by atoms with Gasteiger partial charge in [-0.25, -0.2) is 4.79 Å². The number of hydrogen-bond donors (Lipinski definition) is 2. The highest BCUT2D eigenvalue weighted by Gasteiger charge is 2.13. The molecule has 2 rings (SSSR count). The number of aryl methyl sites for hydroxylation is 1. The van der Waals surface area contributed by atoms with Crippen LogP contribution in [0.3, 0.4) is 0 Å². The first-order chi connectivity index (χ1) is 11.5. The van der Waals surface area contributed by atoms with E-state index in [2.05, 4.69) is 5.32 Å². The van der Waals surface area contributed by atoms with Crippen LogP contribution in [-0.2, 0) is 14.3 Å². The molecule has 0 radical (unpaired) electrons. The number of esters is 1. The molecule has 6 nitrogen and oxygen atoms in total. The lowest BCUT2D eigenvalue weighted by Gasteiger charge is -2.10. The number of rotatable bonds is 7. The minimum Gasteiger partial charge on any atom is -0.451 e. The van der Waals surface area contributed by atoms with Crippen molar-refractivity contribution in [2.45, 2.75) is 11.8 Å². The van der Waals surface area contributed by atoms with E-state index in [9.17, 15) is 14.4 Å². The smallest absolute Gasteiger partial charge is 0.348 e. The fraction of sp³-hybridized carbons (Fsp3) is 0.188. The Morgan fingerprint density at radius 2 is 1.96 bits per heavy atom. The van der Waals surface area contributed by atoms with Crippen molar-refractivity contribution < 1.29 is 19.1 Å². The average Bonchev–Trinajstić information content (AvgIpc) is 2.98. The Balaban J connectivity index is 1.90. The topological polar surface area (TPSA) is 98.5 Å². The SMILES string of the molecule is Cc1ccc(C(=O)OCC(=O)Nc2ccccc2SCC(N)=O)s1. The Kier molecular flexibility index (Phi) is 6.39. The quantitative estimate of drug-likeness (QED) is 0.581. The Labute approximate surface area is 147 Å². The summed E-state index contributed by atoms with van der Waals surface area (Å²) in [4.78, 5) is 36.8. The molecule has 1 aromatic heterocycles. The molecule has 0 aliphatic rings. The summed E-state index contributed by atoms with van der Waals surface area (Å²) < 4.78 is 4.99. The number of primary amides is 1. The van der Waals surface area contributed by atoms with Crippen LogP contribution >= 0.6 is 23.1 Å². The third kappa shape index (κ3) is 5.39. The lowest BCUT2D eigenvalue weighted by molar-refractivity contribution is -0.119. The van der Waals surface area contributed by atoms with Gasteiger partial charge in [-0.05, 0) is 31.2 Å². The standard InChI is InChI=1S/C16H16N2O4S2/c1-10-6-7-13(24-10)16(21)22-8-15(20)18-11-4-2-3-5-12(11)23-9-14(17)19/h2-7H,8-9H2,1H3,(H2,17,19)(H,18,20). The molecule has 2 aromatic rings. The zero-order chi connectivity index (χ0) is 17.5. The lowest BCUT2D eigenvalue weighted by Crippen LogP contribution is -2.21. The molecule has 0 fully saturated rings. The first kappa shape index (κ1) is 18.0. The van der Waals surface area contributed by atoms with E-state index in [0.717, 1.165) is 4.88 Å². The Bertz CT molecular complexity index is 758. The fourth-order valence-electron chi connectivity index (χ4n) is 1.78. The molecule has 0 unspecified atom stereocenters. The maximum Gasteiger partial charge on any atom is 0.348 e. The predicted molar refractivity (Wildman–Crippen MR) is 94.3 cm³/mol. The van der Waals surface area contributed by atoms with Gasteiger partial charge < -0.3 is 15.8 Å². The summed E-state index contributed by atoms with van der Waals surface area (Å²) in [5, 5.41) is 2.66. The van der Waals surface area contributed by atoms with E-state index in [0.29, 0.717) is 15.5 Å². The molecule has 1 heterocycles. The number of carbonyl (C=O) groups excluding carboxylic acids is 3. The van der Waals surface area contributed by atoms with Crippen molar-refractivity contribution in [3.63, 3.8) is 0 Å². The molecule has 3 N–H and O–H groups in total. The zero-order valence-corrected chi connectivity index (χ0v) is 14.5. The van der Waals surface area contributed by atoms with Crippen molar-refractivity contribution in [3.8, 4) is 0 Å². The summed E-state index contributed by atoms with van der Waals surface area (Å²) in [7, 11) is 0. The first-order valence-corrected chi connectivity index (χ1v) is 8.79. The predicted octanol–water partition coefficient (Wildman–Crippen LogP) is 2.43. The van der Waals surface area contributed by atoms with Gasteiger partial charge in [0.15, 0.2) is 6.61 Å². The van der Waals surface area contributed by atoms with Crippen LogP contribution in [-0.4, -0.2) is 30.1 Å². The number of thiophene rings is 1. The highest BCUT2D eigenvalue weighted by molar-refractivity contribution is 8.00. The second kappa shape index (κ2) is 8.51. The van der Waals surface area contributed by atoms with Gasteiger partial charge in [0.1, 0.15) is 4.88 Å². The van der Waals surface area contributed by atoms with Crippen molar-refractivity contribution in [2.75, 3.05) is 17.7 Å². The Morgan fingerprint density at radius 3 is 2.62 bits per heavy atom.